The summed E-state index contributed by atoms with van der Waals surface area (Å²) in [7, 11) is 0. The molecule has 1 aromatic heterocycles. The average Bonchev–Trinajstić information content (AvgIpc) is 2.80. The van der Waals surface area contributed by atoms with E-state index in [-0.39, 0.29) is 5.82 Å². The molecule has 2 nitrogen and oxygen atoms in total. The Hall–Kier alpha value is -1.78. The van der Waals surface area contributed by atoms with Crippen molar-refractivity contribution in [1.29, 1.82) is 0 Å². The second-order valence-electron chi connectivity index (χ2n) is 4.32. The van der Waals surface area contributed by atoms with Crippen molar-refractivity contribution >= 4 is 22.7 Å². The minimum absolute atomic E-state index is 0.249. The average molecular weight is 272 g/mol. The summed E-state index contributed by atoms with van der Waals surface area (Å²) in [4.78, 5) is 4.16. The van der Waals surface area contributed by atoms with Gasteiger partial charge in [-0.25, -0.2) is 4.39 Å². The van der Waals surface area contributed by atoms with E-state index in [1.807, 2.05) is 30.3 Å². The molecule has 0 radical (unpaired) electrons. The van der Waals surface area contributed by atoms with Crippen LogP contribution >= 0.6 is 11.8 Å². The Morgan fingerprint density at radius 2 is 1.95 bits per heavy atom. The largest absolute Gasteiger partial charge is 0.349 e. The lowest BCUT2D eigenvalue weighted by atomic mass is 10.2. The fourth-order valence-corrected chi connectivity index (χ4v) is 3.01. The zero-order valence-corrected chi connectivity index (χ0v) is 11.0. The summed E-state index contributed by atoms with van der Waals surface area (Å²) in [6, 6.07) is 15.0. The third-order valence-corrected chi connectivity index (χ3v) is 3.81. The smallest absolute Gasteiger partial charge is 0.124 e. The van der Waals surface area contributed by atoms with Gasteiger partial charge >= 0.3 is 0 Å². The Labute approximate surface area is 114 Å². The number of aromatic amines is 1. The zero-order valence-electron chi connectivity index (χ0n) is 10.2. The molecule has 0 fully saturated rings. The highest BCUT2D eigenvalue weighted by molar-refractivity contribution is 7.99. The van der Waals surface area contributed by atoms with E-state index >= 15 is 0 Å². The van der Waals surface area contributed by atoms with Crippen LogP contribution in [0.1, 0.15) is 5.56 Å². The number of nitrogens with one attached hydrogen (secondary N) is 1. The van der Waals surface area contributed by atoms with Crippen LogP contribution in [0.25, 0.3) is 10.9 Å². The van der Waals surface area contributed by atoms with E-state index in [1.165, 1.54) is 23.9 Å². The second kappa shape index (κ2) is 5.07. The summed E-state index contributed by atoms with van der Waals surface area (Å²) in [5.41, 5.74) is 7.45. The van der Waals surface area contributed by atoms with Crippen LogP contribution in [0.2, 0.25) is 0 Å². The number of halogens is 1. The van der Waals surface area contributed by atoms with Crippen molar-refractivity contribution in [3.63, 3.8) is 0 Å². The number of hydrogen-bond acceptors (Lipinski definition) is 2. The van der Waals surface area contributed by atoms with Gasteiger partial charge in [0, 0.05) is 22.3 Å². The van der Waals surface area contributed by atoms with Crippen LogP contribution in [-0.2, 0) is 6.54 Å². The van der Waals surface area contributed by atoms with Crippen molar-refractivity contribution < 1.29 is 4.39 Å². The molecule has 0 aliphatic rings. The van der Waals surface area contributed by atoms with E-state index in [0.717, 1.165) is 26.4 Å². The van der Waals surface area contributed by atoms with Crippen LogP contribution in [0.4, 0.5) is 4.39 Å². The molecule has 1 heterocycles. The first kappa shape index (κ1) is 12.3. The Kier molecular flexibility index (Phi) is 3.27. The lowest BCUT2D eigenvalue weighted by Crippen LogP contribution is -1.96. The summed E-state index contributed by atoms with van der Waals surface area (Å²) in [5, 5.41) is 2.15. The van der Waals surface area contributed by atoms with Crippen LogP contribution in [0.3, 0.4) is 0 Å². The molecular weight excluding hydrogens is 259 g/mol. The molecule has 0 bridgehead atoms. The molecule has 2 aromatic carbocycles. The molecule has 0 saturated carbocycles. The summed E-state index contributed by atoms with van der Waals surface area (Å²) in [6.07, 6.45) is 0. The fraction of sp³-hybridized carbons (Fsp3) is 0.0667. The molecule has 3 rings (SSSR count). The number of fused-ring (bicyclic) bond motifs is 1. The summed E-state index contributed by atoms with van der Waals surface area (Å²) < 4.78 is 13.4. The first-order valence-electron chi connectivity index (χ1n) is 6.00. The van der Waals surface area contributed by atoms with E-state index in [4.69, 9.17) is 5.73 Å². The fourth-order valence-electron chi connectivity index (χ4n) is 2.03. The Morgan fingerprint density at radius 1 is 1.11 bits per heavy atom. The molecule has 3 aromatic rings. The van der Waals surface area contributed by atoms with Crippen LogP contribution < -0.4 is 5.73 Å². The maximum atomic E-state index is 13.4. The van der Waals surface area contributed by atoms with Gasteiger partial charge in [0.15, 0.2) is 0 Å². The summed E-state index contributed by atoms with van der Waals surface area (Å²) in [5.74, 6) is -0.249. The Balaban J connectivity index is 1.94. The van der Waals surface area contributed by atoms with Gasteiger partial charge in [-0.2, -0.15) is 0 Å². The third kappa shape index (κ3) is 2.64. The molecule has 0 aliphatic heterocycles. The zero-order chi connectivity index (χ0) is 13.2. The molecule has 0 unspecified atom stereocenters. The van der Waals surface area contributed by atoms with E-state index in [1.54, 1.807) is 0 Å². The van der Waals surface area contributed by atoms with Gasteiger partial charge in [-0.1, -0.05) is 30.0 Å². The SMILES string of the molecule is NCc1cc(F)cc(Sc2cc3ccccc3[nH]2)c1. The van der Waals surface area contributed by atoms with E-state index in [9.17, 15) is 4.39 Å². The van der Waals surface area contributed by atoms with Crippen molar-refractivity contribution in [1.82, 2.24) is 4.98 Å². The molecule has 96 valence electrons. The van der Waals surface area contributed by atoms with Gasteiger partial charge in [-0.15, -0.1) is 0 Å². The number of rotatable bonds is 3. The molecule has 0 spiro atoms. The number of hydrogen-bond donors (Lipinski definition) is 2. The second-order valence-corrected chi connectivity index (χ2v) is 5.44. The number of aromatic nitrogens is 1. The molecule has 0 aliphatic carbocycles. The highest BCUT2D eigenvalue weighted by Gasteiger charge is 2.05. The van der Waals surface area contributed by atoms with Gasteiger partial charge in [0.1, 0.15) is 5.82 Å². The van der Waals surface area contributed by atoms with Crippen molar-refractivity contribution in [3.05, 3.63) is 59.9 Å². The number of para-hydroxylation sites is 1. The number of benzene rings is 2. The molecule has 0 amide bonds. The van der Waals surface area contributed by atoms with Gasteiger partial charge < -0.3 is 10.7 Å². The van der Waals surface area contributed by atoms with Gasteiger partial charge in [-0.3, -0.25) is 0 Å². The maximum Gasteiger partial charge on any atom is 0.124 e. The quantitative estimate of drug-likeness (QED) is 0.759. The number of H-pyrrole nitrogens is 1. The van der Waals surface area contributed by atoms with Gasteiger partial charge in [-0.05, 0) is 35.9 Å². The highest BCUT2D eigenvalue weighted by atomic mass is 32.2. The van der Waals surface area contributed by atoms with Crippen molar-refractivity contribution in [3.8, 4) is 0 Å². The van der Waals surface area contributed by atoms with E-state index < -0.39 is 0 Å². The maximum absolute atomic E-state index is 13.4. The van der Waals surface area contributed by atoms with Crippen LogP contribution in [0.15, 0.2) is 58.5 Å². The van der Waals surface area contributed by atoms with Crippen molar-refractivity contribution in [2.75, 3.05) is 0 Å². The normalized spacial score (nSPS) is 11.1. The van der Waals surface area contributed by atoms with Gasteiger partial charge in [0.05, 0.1) is 5.03 Å². The first-order valence-corrected chi connectivity index (χ1v) is 6.81. The Morgan fingerprint density at radius 3 is 2.74 bits per heavy atom. The van der Waals surface area contributed by atoms with Crippen molar-refractivity contribution in [2.45, 2.75) is 16.5 Å². The minimum Gasteiger partial charge on any atom is -0.349 e. The predicted molar refractivity (Wildman–Crippen MR) is 76.7 cm³/mol. The molecule has 0 saturated heterocycles. The molecule has 4 heteroatoms. The number of nitrogens with two attached hydrogens (primary N) is 1. The highest BCUT2D eigenvalue weighted by Crippen LogP contribution is 2.30. The standard InChI is InChI=1S/C15H13FN2S/c16-12-5-10(9-17)6-13(8-12)19-15-7-11-3-1-2-4-14(11)18-15/h1-8,18H,9,17H2. The third-order valence-electron chi connectivity index (χ3n) is 2.90. The lowest BCUT2D eigenvalue weighted by Gasteiger charge is -2.03. The van der Waals surface area contributed by atoms with Gasteiger partial charge in [0.25, 0.3) is 0 Å². The minimum atomic E-state index is -0.249. The van der Waals surface area contributed by atoms with Crippen LogP contribution in [-0.4, -0.2) is 4.98 Å². The molecule has 19 heavy (non-hydrogen) atoms. The van der Waals surface area contributed by atoms with Gasteiger partial charge in [0.2, 0.25) is 0 Å². The summed E-state index contributed by atoms with van der Waals surface area (Å²) >= 11 is 1.51. The lowest BCUT2D eigenvalue weighted by molar-refractivity contribution is 0.621. The van der Waals surface area contributed by atoms with E-state index in [0.29, 0.717) is 6.54 Å². The first-order chi connectivity index (χ1) is 9.24. The van der Waals surface area contributed by atoms with Crippen LogP contribution in [0.5, 0.6) is 0 Å². The van der Waals surface area contributed by atoms with Crippen molar-refractivity contribution in [2.24, 2.45) is 5.73 Å². The molecular formula is C15H13FN2S. The predicted octanol–water partition coefficient (Wildman–Crippen LogP) is 3.92. The summed E-state index contributed by atoms with van der Waals surface area (Å²) in [6.45, 7) is 0.345. The molecule has 3 N–H and O–H groups in total. The van der Waals surface area contributed by atoms with E-state index in [2.05, 4.69) is 11.1 Å². The monoisotopic (exact) mass is 272 g/mol. The molecule has 0 atom stereocenters. The van der Waals surface area contributed by atoms with Crippen LogP contribution in [0, 0.1) is 5.82 Å². The Bertz CT molecular complexity index is 688. The topological polar surface area (TPSA) is 41.8 Å².